The normalized spacial score (nSPS) is 12.6. The Hall–Kier alpha value is -3.83. The molecule has 0 saturated carbocycles. The van der Waals surface area contributed by atoms with Gasteiger partial charge in [-0.15, -0.1) is 23.4 Å². The van der Waals surface area contributed by atoms with Gasteiger partial charge in [0, 0.05) is 11.6 Å². The van der Waals surface area contributed by atoms with Crippen LogP contribution in [0.4, 0.5) is 19.1 Å². The van der Waals surface area contributed by atoms with Gasteiger partial charge >= 0.3 is 6.36 Å². The van der Waals surface area contributed by atoms with Crippen molar-refractivity contribution in [3.05, 3.63) is 43.0 Å². The summed E-state index contributed by atoms with van der Waals surface area (Å²) in [6, 6.07) is 3.96. The van der Waals surface area contributed by atoms with Crippen molar-refractivity contribution >= 4 is 17.3 Å². The van der Waals surface area contributed by atoms with Gasteiger partial charge in [-0.3, -0.25) is 4.40 Å². The van der Waals surface area contributed by atoms with Crippen LogP contribution in [-0.4, -0.2) is 38.9 Å². The van der Waals surface area contributed by atoms with E-state index in [1.807, 2.05) is 0 Å². The monoisotopic (exact) mass is 393 g/mol. The van der Waals surface area contributed by atoms with E-state index in [9.17, 15) is 13.2 Å². The first-order valence-electron chi connectivity index (χ1n) is 7.67. The van der Waals surface area contributed by atoms with Crippen LogP contribution in [0, 0.1) is 0 Å². The minimum atomic E-state index is -4.90. The lowest BCUT2D eigenvalue weighted by Crippen LogP contribution is -2.18. The lowest BCUT2D eigenvalue weighted by molar-refractivity contribution is -0.274. The van der Waals surface area contributed by atoms with E-state index in [2.05, 4.69) is 24.9 Å². The first-order valence-corrected chi connectivity index (χ1v) is 7.67. The van der Waals surface area contributed by atoms with Crippen molar-refractivity contribution in [1.82, 2.24) is 19.6 Å². The highest BCUT2D eigenvalue weighted by atomic mass is 19.4. The zero-order valence-corrected chi connectivity index (χ0v) is 14.4. The highest BCUT2D eigenvalue weighted by Crippen LogP contribution is 2.37. The van der Waals surface area contributed by atoms with Crippen molar-refractivity contribution in [3.63, 3.8) is 0 Å². The maximum absolute atomic E-state index is 12.8. The quantitative estimate of drug-likeness (QED) is 0.502. The molecule has 3 aromatic rings. The number of aromatic nitrogens is 4. The molecule has 0 radical (unpaired) electrons. The van der Waals surface area contributed by atoms with Crippen LogP contribution in [0.2, 0.25) is 0 Å². The smallest absolute Gasteiger partial charge is 0.497 e. The molecule has 0 aliphatic heterocycles. The van der Waals surface area contributed by atoms with Crippen LogP contribution < -0.4 is 20.9 Å². The standard InChI is InChI=1S/C16H14F3N7O2/c1-27-9-2-3-10(12(6-9)28-16(17,18)19)14-11-7-22-8-26(11)15(25-24-14)23-13(21)4-5-20/h2-8H,20H2,1H3,(H2,21,23,25)/b5-4-. The number of nitrogens with two attached hydrogens (primary N) is 2. The number of alkyl halides is 3. The molecule has 2 aromatic heterocycles. The molecule has 0 saturated heterocycles. The molecule has 28 heavy (non-hydrogen) atoms. The van der Waals surface area contributed by atoms with E-state index in [0.29, 0.717) is 5.52 Å². The molecule has 0 aliphatic rings. The maximum Gasteiger partial charge on any atom is 0.573 e. The maximum atomic E-state index is 12.8. The minimum Gasteiger partial charge on any atom is -0.497 e. The number of hydrogen-bond donors (Lipinski definition) is 2. The number of aliphatic imine (C=N–C) groups is 1. The molecule has 3 rings (SSSR count). The number of fused-ring (bicyclic) bond motifs is 1. The van der Waals surface area contributed by atoms with Crippen molar-refractivity contribution in [2.45, 2.75) is 6.36 Å². The number of ether oxygens (including phenoxy) is 2. The van der Waals surface area contributed by atoms with Gasteiger partial charge in [-0.25, -0.2) is 4.98 Å². The van der Waals surface area contributed by atoms with Crippen LogP contribution in [-0.2, 0) is 0 Å². The summed E-state index contributed by atoms with van der Waals surface area (Å²) < 4.78 is 49.0. The predicted octanol–water partition coefficient (Wildman–Crippen LogP) is 2.16. The Bertz CT molecular complexity index is 1060. The molecule has 1 aromatic carbocycles. The van der Waals surface area contributed by atoms with E-state index in [0.717, 1.165) is 6.07 Å². The minimum absolute atomic E-state index is 0.0430. The van der Waals surface area contributed by atoms with Gasteiger partial charge in [0.2, 0.25) is 0 Å². The van der Waals surface area contributed by atoms with Crippen LogP contribution in [0.3, 0.4) is 0 Å². The molecular weight excluding hydrogens is 379 g/mol. The second-order valence-electron chi connectivity index (χ2n) is 5.30. The SMILES string of the molecule is COc1ccc(-c2nnc(/N=C(N)/C=C\N)n3cncc23)c(OC(F)(F)F)c1. The van der Waals surface area contributed by atoms with Crippen LogP contribution >= 0.6 is 0 Å². The average Bonchev–Trinajstić information content (AvgIpc) is 3.11. The second kappa shape index (κ2) is 7.42. The molecule has 0 spiro atoms. The lowest BCUT2D eigenvalue weighted by atomic mass is 10.1. The number of amidine groups is 1. The number of methoxy groups -OCH3 is 1. The fourth-order valence-corrected chi connectivity index (χ4v) is 2.38. The van der Waals surface area contributed by atoms with E-state index in [4.69, 9.17) is 16.2 Å². The fraction of sp³-hybridized carbons (Fsp3) is 0.125. The summed E-state index contributed by atoms with van der Waals surface area (Å²) in [7, 11) is 1.33. The molecule has 0 atom stereocenters. The largest absolute Gasteiger partial charge is 0.573 e. The Morgan fingerprint density at radius 1 is 1.29 bits per heavy atom. The number of rotatable bonds is 5. The zero-order valence-electron chi connectivity index (χ0n) is 14.4. The van der Waals surface area contributed by atoms with Crippen molar-refractivity contribution in [1.29, 1.82) is 0 Å². The third-order valence-electron chi connectivity index (χ3n) is 3.50. The number of hydrogen-bond acceptors (Lipinski definition) is 7. The fourth-order valence-electron chi connectivity index (χ4n) is 2.38. The van der Waals surface area contributed by atoms with Crippen LogP contribution in [0.1, 0.15) is 0 Å². The van der Waals surface area contributed by atoms with Gasteiger partial charge in [0.15, 0.2) is 0 Å². The lowest BCUT2D eigenvalue weighted by Gasteiger charge is -2.14. The summed E-state index contributed by atoms with van der Waals surface area (Å²) in [5.41, 5.74) is 11.4. The van der Waals surface area contributed by atoms with E-state index in [1.54, 1.807) is 0 Å². The zero-order chi connectivity index (χ0) is 20.3. The number of nitrogens with zero attached hydrogens (tertiary/aromatic N) is 5. The first-order chi connectivity index (χ1) is 13.3. The molecule has 0 fully saturated rings. The second-order valence-corrected chi connectivity index (χ2v) is 5.30. The van der Waals surface area contributed by atoms with Gasteiger partial charge in [0.25, 0.3) is 5.95 Å². The Kier molecular flexibility index (Phi) is 5.02. The summed E-state index contributed by atoms with van der Waals surface area (Å²) in [4.78, 5) is 8.02. The Morgan fingerprint density at radius 2 is 2.07 bits per heavy atom. The van der Waals surface area contributed by atoms with E-state index >= 15 is 0 Å². The highest BCUT2D eigenvalue weighted by Gasteiger charge is 2.33. The Morgan fingerprint density at radius 3 is 2.75 bits per heavy atom. The van der Waals surface area contributed by atoms with Gasteiger partial charge in [-0.1, -0.05) is 0 Å². The number of imidazole rings is 1. The topological polar surface area (TPSA) is 126 Å². The first kappa shape index (κ1) is 18.9. The summed E-state index contributed by atoms with van der Waals surface area (Å²) >= 11 is 0. The van der Waals surface area contributed by atoms with Crippen LogP contribution in [0.25, 0.3) is 16.8 Å². The molecule has 0 unspecified atom stereocenters. The van der Waals surface area contributed by atoms with Gasteiger partial charge in [-0.2, -0.15) is 4.99 Å². The van der Waals surface area contributed by atoms with E-state index in [-0.39, 0.29) is 28.8 Å². The summed E-state index contributed by atoms with van der Waals surface area (Å²) in [5.74, 6) is -0.183. The number of benzene rings is 1. The highest BCUT2D eigenvalue weighted by molar-refractivity contribution is 5.93. The molecule has 0 bridgehead atoms. The molecule has 146 valence electrons. The van der Waals surface area contributed by atoms with Crippen molar-refractivity contribution < 1.29 is 22.6 Å². The van der Waals surface area contributed by atoms with E-state index in [1.165, 1.54) is 48.4 Å². The molecule has 12 heteroatoms. The van der Waals surface area contributed by atoms with Crippen molar-refractivity contribution in [2.75, 3.05) is 7.11 Å². The van der Waals surface area contributed by atoms with Gasteiger partial charge in [-0.05, 0) is 24.4 Å². The molecular formula is C16H14F3N7O2. The van der Waals surface area contributed by atoms with Crippen LogP contribution in [0.15, 0.2) is 48.0 Å². The summed E-state index contributed by atoms with van der Waals surface area (Å²) in [6.45, 7) is 0. The van der Waals surface area contributed by atoms with Gasteiger partial charge in [0.1, 0.15) is 29.4 Å². The Balaban J connectivity index is 2.18. The third-order valence-corrected chi connectivity index (χ3v) is 3.50. The third kappa shape index (κ3) is 3.95. The van der Waals surface area contributed by atoms with E-state index < -0.39 is 12.1 Å². The van der Waals surface area contributed by atoms with Crippen molar-refractivity contribution in [3.8, 4) is 22.8 Å². The van der Waals surface area contributed by atoms with Gasteiger partial charge in [0.05, 0.1) is 18.8 Å². The predicted molar refractivity (Wildman–Crippen MR) is 94.1 cm³/mol. The average molecular weight is 393 g/mol. The Labute approximate surface area is 156 Å². The molecule has 4 N–H and O–H groups in total. The van der Waals surface area contributed by atoms with Crippen LogP contribution in [0.5, 0.6) is 11.5 Å². The molecule has 2 heterocycles. The summed E-state index contributed by atoms with van der Waals surface area (Å²) in [5, 5.41) is 7.91. The number of halogens is 3. The molecule has 0 amide bonds. The van der Waals surface area contributed by atoms with Crippen molar-refractivity contribution in [2.24, 2.45) is 16.5 Å². The summed E-state index contributed by atoms with van der Waals surface area (Å²) in [6.07, 6.45) is 0.415. The molecule has 0 aliphatic carbocycles. The molecule has 9 nitrogen and oxygen atoms in total. The van der Waals surface area contributed by atoms with Gasteiger partial charge < -0.3 is 20.9 Å².